The molecule has 2 aliphatic rings. The van der Waals surface area contributed by atoms with Crippen molar-refractivity contribution in [2.45, 2.75) is 44.8 Å². The van der Waals surface area contributed by atoms with Gasteiger partial charge in [0.1, 0.15) is 11.1 Å². The van der Waals surface area contributed by atoms with Gasteiger partial charge in [0.2, 0.25) is 5.78 Å². The number of carbonyl (C=O) groups excluding carboxylic acids is 2. The Hall–Kier alpha value is -3.00. The first kappa shape index (κ1) is 23.7. The first-order chi connectivity index (χ1) is 15.1. The maximum Gasteiger partial charge on any atom is 0.411 e. The van der Waals surface area contributed by atoms with E-state index >= 15 is 0 Å². The highest BCUT2D eigenvalue weighted by Crippen LogP contribution is 2.49. The van der Waals surface area contributed by atoms with E-state index in [2.05, 4.69) is 0 Å². The number of amides is 1. The average molecular weight is 446 g/mol. The van der Waals surface area contributed by atoms with Crippen molar-refractivity contribution in [1.29, 1.82) is 0 Å². The van der Waals surface area contributed by atoms with Crippen LogP contribution in [0.2, 0.25) is 0 Å². The van der Waals surface area contributed by atoms with Crippen molar-refractivity contribution >= 4 is 11.9 Å². The van der Waals surface area contributed by atoms with Gasteiger partial charge in [-0.15, -0.1) is 0 Å². The molecule has 0 radical (unpaired) electrons. The monoisotopic (exact) mass is 445 g/mol. The van der Waals surface area contributed by atoms with Gasteiger partial charge < -0.3 is 24.1 Å². The fourth-order valence-electron chi connectivity index (χ4n) is 4.33. The second-order valence-electron chi connectivity index (χ2n) is 8.73. The van der Waals surface area contributed by atoms with Crippen LogP contribution < -0.4 is 9.47 Å². The molecule has 8 nitrogen and oxygen atoms in total. The van der Waals surface area contributed by atoms with Crippen LogP contribution >= 0.6 is 0 Å². The van der Waals surface area contributed by atoms with Crippen molar-refractivity contribution in [3.05, 3.63) is 46.7 Å². The second-order valence-corrected chi connectivity index (χ2v) is 8.73. The van der Waals surface area contributed by atoms with Gasteiger partial charge in [0.15, 0.2) is 17.3 Å². The summed E-state index contributed by atoms with van der Waals surface area (Å²) in [6.07, 6.45) is 3.30. The average Bonchev–Trinajstić information content (AvgIpc) is 2.74. The zero-order valence-corrected chi connectivity index (χ0v) is 19.5. The Kier molecular flexibility index (Phi) is 6.55. The summed E-state index contributed by atoms with van der Waals surface area (Å²) >= 11 is 0. The number of allylic oxidation sites excluding steroid dienone is 1. The SMILES string of the molecule is COC1=C[C@]2(C(CCO)=CC1=O)c1cc(OC)c(OC)cc1CCN2C(=O)OC(C)(C)C. The number of benzene rings is 1. The number of fused-ring (bicyclic) bond motifs is 2. The van der Waals surface area contributed by atoms with Gasteiger partial charge in [-0.1, -0.05) is 0 Å². The molecule has 174 valence electrons. The van der Waals surface area contributed by atoms with Gasteiger partial charge in [-0.2, -0.15) is 0 Å². The van der Waals surface area contributed by atoms with Gasteiger partial charge in [0.25, 0.3) is 0 Å². The second kappa shape index (κ2) is 8.86. The topological polar surface area (TPSA) is 94.5 Å². The molecule has 0 bridgehead atoms. The summed E-state index contributed by atoms with van der Waals surface area (Å²) in [6.45, 7) is 5.54. The number of hydrogen-bond acceptors (Lipinski definition) is 7. The third-order valence-corrected chi connectivity index (χ3v) is 5.64. The van der Waals surface area contributed by atoms with E-state index in [4.69, 9.17) is 18.9 Å². The molecule has 0 aromatic heterocycles. The first-order valence-electron chi connectivity index (χ1n) is 10.5. The lowest BCUT2D eigenvalue weighted by Crippen LogP contribution is -2.56. The first-order valence-corrected chi connectivity index (χ1v) is 10.5. The number of aliphatic hydroxyl groups excluding tert-OH is 1. The van der Waals surface area contributed by atoms with Crippen LogP contribution in [0.15, 0.2) is 35.6 Å². The van der Waals surface area contributed by atoms with Crippen LogP contribution in [0.5, 0.6) is 11.5 Å². The smallest absolute Gasteiger partial charge is 0.411 e. The molecular formula is C24H31NO7. The quantitative estimate of drug-likeness (QED) is 0.744. The van der Waals surface area contributed by atoms with Crippen molar-refractivity contribution in [1.82, 2.24) is 4.90 Å². The molecule has 3 rings (SSSR count). The van der Waals surface area contributed by atoms with Crippen LogP contribution in [0.3, 0.4) is 0 Å². The molecule has 1 aliphatic heterocycles. The third kappa shape index (κ3) is 4.07. The largest absolute Gasteiger partial charge is 0.493 e. The lowest BCUT2D eigenvalue weighted by atomic mass is 9.71. The molecule has 0 unspecified atom stereocenters. The summed E-state index contributed by atoms with van der Waals surface area (Å²) in [6, 6.07) is 3.70. The molecule has 1 spiro atoms. The maximum absolute atomic E-state index is 13.4. The third-order valence-electron chi connectivity index (χ3n) is 5.64. The van der Waals surface area contributed by atoms with E-state index in [1.165, 1.54) is 20.3 Å². The van der Waals surface area contributed by atoms with Crippen LogP contribution in [-0.4, -0.2) is 62.0 Å². The molecule has 32 heavy (non-hydrogen) atoms. The van der Waals surface area contributed by atoms with Crippen LogP contribution in [0.4, 0.5) is 4.79 Å². The van der Waals surface area contributed by atoms with E-state index in [-0.39, 0.29) is 24.6 Å². The molecule has 1 amide bonds. The minimum atomic E-state index is -1.18. The number of methoxy groups -OCH3 is 3. The van der Waals surface area contributed by atoms with Gasteiger partial charge in [0, 0.05) is 13.2 Å². The molecule has 1 aromatic carbocycles. The van der Waals surface area contributed by atoms with Crippen LogP contribution in [0, 0.1) is 0 Å². The Morgan fingerprint density at radius 2 is 1.78 bits per heavy atom. The predicted molar refractivity (Wildman–Crippen MR) is 118 cm³/mol. The number of ether oxygens (including phenoxy) is 4. The van der Waals surface area contributed by atoms with Gasteiger partial charge in [-0.3, -0.25) is 9.69 Å². The Morgan fingerprint density at radius 1 is 1.12 bits per heavy atom. The highest BCUT2D eigenvalue weighted by Gasteiger charge is 2.50. The normalized spacial score (nSPS) is 20.3. The lowest BCUT2D eigenvalue weighted by molar-refractivity contribution is -0.114. The van der Waals surface area contributed by atoms with Crippen LogP contribution in [0.25, 0.3) is 0 Å². The number of nitrogens with zero attached hydrogens (tertiary/aromatic N) is 1. The van der Waals surface area contributed by atoms with Crippen molar-refractivity contribution in [3.63, 3.8) is 0 Å². The zero-order valence-electron chi connectivity index (χ0n) is 19.5. The van der Waals surface area contributed by atoms with Crippen molar-refractivity contribution in [2.24, 2.45) is 0 Å². The number of rotatable bonds is 5. The van der Waals surface area contributed by atoms with Crippen LogP contribution in [0.1, 0.15) is 38.3 Å². The standard InChI is InChI=1S/C24H31NO7/c1-23(2,3)32-22(28)25-9-7-15-11-19(29-4)20(30-5)13-17(15)24(25)14-21(31-6)18(27)12-16(24)8-10-26/h11-14,26H,7-10H2,1-6H3/t24-/m0/s1. The fraction of sp³-hybridized carbons (Fsp3) is 0.500. The van der Waals surface area contributed by atoms with Crippen molar-refractivity contribution < 1.29 is 33.6 Å². The Bertz CT molecular complexity index is 973. The summed E-state index contributed by atoms with van der Waals surface area (Å²) < 4.78 is 22.1. The minimum Gasteiger partial charge on any atom is -0.493 e. The van der Waals surface area contributed by atoms with Gasteiger partial charge in [-0.25, -0.2) is 4.79 Å². The molecule has 1 aliphatic carbocycles. The summed E-state index contributed by atoms with van der Waals surface area (Å²) in [4.78, 5) is 27.6. The van der Waals surface area contributed by atoms with Crippen molar-refractivity contribution in [3.8, 4) is 11.5 Å². The molecule has 0 fully saturated rings. The predicted octanol–water partition coefficient (Wildman–Crippen LogP) is 3.11. The number of carbonyl (C=O) groups is 2. The number of aliphatic hydroxyl groups is 1. The Morgan fingerprint density at radius 3 is 2.34 bits per heavy atom. The Balaban J connectivity index is 2.33. The summed E-state index contributed by atoms with van der Waals surface area (Å²) in [7, 11) is 4.52. The number of ketones is 1. The molecular weight excluding hydrogens is 414 g/mol. The highest BCUT2D eigenvalue weighted by atomic mass is 16.6. The molecule has 1 N–H and O–H groups in total. The van der Waals surface area contributed by atoms with Crippen molar-refractivity contribution in [2.75, 3.05) is 34.5 Å². The van der Waals surface area contributed by atoms with Gasteiger partial charge in [-0.05, 0) is 74.6 Å². The maximum atomic E-state index is 13.4. The number of hydrogen-bond donors (Lipinski definition) is 1. The molecule has 8 heteroatoms. The van der Waals surface area contributed by atoms with Crippen LogP contribution in [-0.2, 0) is 26.2 Å². The van der Waals surface area contributed by atoms with E-state index in [1.807, 2.05) is 12.1 Å². The van der Waals surface area contributed by atoms with E-state index in [0.29, 0.717) is 30.0 Å². The zero-order chi connectivity index (χ0) is 23.7. The molecule has 0 saturated carbocycles. The molecule has 0 saturated heterocycles. The molecule has 1 heterocycles. The minimum absolute atomic E-state index is 0.114. The van der Waals surface area contributed by atoms with E-state index in [9.17, 15) is 14.7 Å². The van der Waals surface area contributed by atoms with E-state index < -0.39 is 17.2 Å². The molecule has 1 aromatic rings. The fourth-order valence-corrected chi connectivity index (χ4v) is 4.33. The Labute approximate surface area is 188 Å². The summed E-state index contributed by atoms with van der Waals surface area (Å²) in [5.41, 5.74) is 0.360. The molecule has 1 atom stereocenters. The van der Waals surface area contributed by atoms with E-state index in [1.54, 1.807) is 38.9 Å². The van der Waals surface area contributed by atoms with Gasteiger partial charge >= 0.3 is 6.09 Å². The summed E-state index contributed by atoms with van der Waals surface area (Å²) in [5.74, 6) is 0.855. The summed E-state index contributed by atoms with van der Waals surface area (Å²) in [5, 5.41) is 9.80. The van der Waals surface area contributed by atoms with Gasteiger partial charge in [0.05, 0.1) is 21.3 Å². The van der Waals surface area contributed by atoms with E-state index in [0.717, 1.165) is 11.1 Å². The lowest BCUT2D eigenvalue weighted by Gasteiger charge is -2.49. The highest BCUT2D eigenvalue weighted by molar-refractivity contribution is 6.05.